The van der Waals surface area contributed by atoms with Crippen molar-refractivity contribution < 1.29 is 52.4 Å². The number of carbonyl (C=O) groups excluding carboxylic acids is 5. The molecule has 0 aromatic carbocycles. The predicted octanol–water partition coefficient (Wildman–Crippen LogP) is -0.0654. The van der Waals surface area contributed by atoms with Crippen LogP contribution in [0.5, 0.6) is 0 Å². The van der Waals surface area contributed by atoms with Gasteiger partial charge in [-0.25, -0.2) is 4.79 Å². The first-order valence-electron chi connectivity index (χ1n) is 10.8. The number of fused-ring (bicyclic) bond motifs is 1. The fourth-order valence-corrected chi connectivity index (χ4v) is 3.55. The van der Waals surface area contributed by atoms with E-state index in [4.69, 9.17) is 28.4 Å². The summed E-state index contributed by atoms with van der Waals surface area (Å²) in [4.78, 5) is 60.2. The smallest absolute Gasteiger partial charge is 0.408 e. The van der Waals surface area contributed by atoms with Gasteiger partial charge in [-0.05, 0) is 27.7 Å². The zero-order valence-corrected chi connectivity index (χ0v) is 20.2. The van der Waals surface area contributed by atoms with Crippen LogP contribution in [0.4, 0.5) is 4.79 Å². The van der Waals surface area contributed by atoms with E-state index >= 15 is 0 Å². The molecule has 0 spiro atoms. The summed E-state index contributed by atoms with van der Waals surface area (Å²) in [7, 11) is 0. The Kier molecular flexibility index (Phi) is 8.83. The summed E-state index contributed by atoms with van der Waals surface area (Å²) in [6, 6.07) is -2.29. The molecule has 34 heavy (non-hydrogen) atoms. The van der Waals surface area contributed by atoms with Gasteiger partial charge in [0.05, 0.1) is 6.10 Å². The summed E-state index contributed by atoms with van der Waals surface area (Å²) in [5.74, 6) is -2.70. The Bertz CT molecular complexity index is 809. The van der Waals surface area contributed by atoms with Gasteiger partial charge in [0.1, 0.15) is 30.4 Å². The Morgan fingerprint density at radius 3 is 2.09 bits per heavy atom. The van der Waals surface area contributed by atoms with Gasteiger partial charge in [-0.3, -0.25) is 19.2 Å². The fraction of sp³-hybridized carbons (Fsp3) is 0.762. The first-order chi connectivity index (χ1) is 15.7. The Balaban J connectivity index is 2.34. The highest BCUT2D eigenvalue weighted by atomic mass is 16.7. The van der Waals surface area contributed by atoms with Crippen molar-refractivity contribution >= 4 is 29.9 Å². The van der Waals surface area contributed by atoms with Gasteiger partial charge in [-0.2, -0.15) is 0 Å². The van der Waals surface area contributed by atoms with Gasteiger partial charge in [0.15, 0.2) is 18.5 Å². The van der Waals surface area contributed by atoms with Crippen molar-refractivity contribution in [1.82, 2.24) is 10.6 Å². The Labute approximate surface area is 197 Å². The van der Waals surface area contributed by atoms with Gasteiger partial charge in [0, 0.05) is 20.8 Å². The third-order valence-electron chi connectivity index (χ3n) is 4.78. The fourth-order valence-electron chi connectivity index (χ4n) is 3.55. The van der Waals surface area contributed by atoms with Crippen molar-refractivity contribution in [2.24, 2.45) is 0 Å². The monoisotopic (exact) mass is 488 g/mol. The van der Waals surface area contributed by atoms with Gasteiger partial charge in [0.2, 0.25) is 5.91 Å². The van der Waals surface area contributed by atoms with Crippen LogP contribution < -0.4 is 10.6 Å². The van der Waals surface area contributed by atoms with E-state index in [1.54, 1.807) is 20.8 Å². The molecule has 2 heterocycles. The number of nitrogens with one attached hydrogen (secondary N) is 2. The molecule has 2 amide bonds. The van der Waals surface area contributed by atoms with Crippen LogP contribution in [0.1, 0.15) is 48.5 Å². The summed E-state index contributed by atoms with van der Waals surface area (Å²) in [5.41, 5.74) is -0.798. The van der Waals surface area contributed by atoms with Crippen LogP contribution in [0.25, 0.3) is 0 Å². The van der Waals surface area contributed by atoms with Crippen molar-refractivity contribution in [3.05, 3.63) is 0 Å². The molecular weight excluding hydrogens is 456 g/mol. The second kappa shape index (κ2) is 11.0. The quantitative estimate of drug-likeness (QED) is 0.393. The minimum atomic E-state index is -1.24. The highest BCUT2D eigenvalue weighted by Crippen LogP contribution is 2.30. The standard InChI is InChI=1S/C21H32N2O11/c1-9-14(23-20(28)34-21(5,6)7)18(27)22-15-17(32-12(4)26)16(31-11(3)25)13(8-29-10(2)24)33-19(15)30-9/h9,13-17,19H,8H2,1-7H3,(H,22,27)(H,23,28)/t9-,13+,14-,15+,16+,17+,19+/m0/s1. The molecule has 2 saturated heterocycles. The number of hydrogen-bond acceptors (Lipinski definition) is 11. The maximum atomic E-state index is 13.0. The second-order valence-corrected chi connectivity index (χ2v) is 8.99. The number of amides is 2. The lowest BCUT2D eigenvalue weighted by molar-refractivity contribution is -0.283. The van der Waals surface area contributed by atoms with Crippen molar-refractivity contribution in [3.8, 4) is 0 Å². The van der Waals surface area contributed by atoms with Crippen LogP contribution in [0, 0.1) is 0 Å². The average Bonchev–Trinajstić information content (AvgIpc) is 2.77. The summed E-state index contributed by atoms with van der Waals surface area (Å²) in [6.07, 6.45) is -6.47. The Morgan fingerprint density at radius 2 is 1.56 bits per heavy atom. The van der Waals surface area contributed by atoms with Crippen LogP contribution in [0.2, 0.25) is 0 Å². The molecule has 0 aromatic rings. The molecule has 13 heteroatoms. The molecule has 2 N–H and O–H groups in total. The average molecular weight is 488 g/mol. The molecule has 13 nitrogen and oxygen atoms in total. The summed E-state index contributed by atoms with van der Waals surface area (Å²) in [6.45, 7) is 9.69. The molecule has 2 aliphatic heterocycles. The van der Waals surface area contributed by atoms with E-state index in [0.29, 0.717) is 0 Å². The molecule has 2 fully saturated rings. The molecule has 2 rings (SSSR count). The Hall–Kier alpha value is -2.93. The van der Waals surface area contributed by atoms with Crippen molar-refractivity contribution in [3.63, 3.8) is 0 Å². The van der Waals surface area contributed by atoms with Crippen LogP contribution in [0.15, 0.2) is 0 Å². The van der Waals surface area contributed by atoms with Crippen molar-refractivity contribution in [1.29, 1.82) is 0 Å². The lowest BCUT2D eigenvalue weighted by Gasteiger charge is -2.44. The molecule has 7 atom stereocenters. The maximum Gasteiger partial charge on any atom is 0.408 e. The van der Waals surface area contributed by atoms with E-state index in [9.17, 15) is 24.0 Å². The lowest BCUT2D eigenvalue weighted by Crippen LogP contribution is -2.66. The van der Waals surface area contributed by atoms with E-state index in [1.807, 2.05) is 0 Å². The molecule has 192 valence electrons. The molecule has 0 aliphatic carbocycles. The summed E-state index contributed by atoms with van der Waals surface area (Å²) < 4.78 is 32.7. The zero-order chi connectivity index (χ0) is 25.8. The molecule has 0 bridgehead atoms. The molecule has 0 aromatic heterocycles. The van der Waals surface area contributed by atoms with Crippen molar-refractivity contribution in [2.75, 3.05) is 6.61 Å². The van der Waals surface area contributed by atoms with Gasteiger partial charge in [0.25, 0.3) is 0 Å². The second-order valence-electron chi connectivity index (χ2n) is 8.99. The third kappa shape index (κ3) is 7.55. The largest absolute Gasteiger partial charge is 0.463 e. The molecule has 2 aliphatic rings. The third-order valence-corrected chi connectivity index (χ3v) is 4.78. The number of esters is 3. The predicted molar refractivity (Wildman–Crippen MR) is 112 cm³/mol. The van der Waals surface area contributed by atoms with Crippen LogP contribution >= 0.6 is 0 Å². The normalized spacial score (nSPS) is 31.1. The first kappa shape index (κ1) is 27.3. The van der Waals surface area contributed by atoms with E-state index in [-0.39, 0.29) is 6.61 Å². The molecule has 0 saturated carbocycles. The van der Waals surface area contributed by atoms with E-state index < -0.39 is 78.3 Å². The minimum absolute atomic E-state index is 0.334. The van der Waals surface area contributed by atoms with E-state index in [2.05, 4.69) is 10.6 Å². The van der Waals surface area contributed by atoms with Crippen LogP contribution in [-0.2, 0) is 47.6 Å². The highest BCUT2D eigenvalue weighted by Gasteiger charge is 2.54. The number of rotatable bonds is 5. The van der Waals surface area contributed by atoms with Crippen molar-refractivity contribution in [2.45, 2.75) is 96.9 Å². The van der Waals surface area contributed by atoms with Gasteiger partial charge >= 0.3 is 24.0 Å². The summed E-state index contributed by atoms with van der Waals surface area (Å²) in [5, 5.41) is 5.10. The lowest BCUT2D eigenvalue weighted by atomic mass is 9.96. The molecule has 0 unspecified atom stereocenters. The topological polar surface area (TPSA) is 165 Å². The SMILES string of the molecule is CC(=O)OC[C@H]1O[C@H]2O[C@@H](C)[C@H](NC(=O)OC(C)(C)C)C(=O)N[C@@H]2[C@@H](OC(C)=O)[C@@H]1OC(C)=O. The van der Waals surface area contributed by atoms with E-state index in [0.717, 1.165) is 13.8 Å². The van der Waals surface area contributed by atoms with Crippen LogP contribution in [0.3, 0.4) is 0 Å². The Morgan fingerprint density at radius 1 is 0.971 bits per heavy atom. The number of alkyl carbamates (subject to hydrolysis) is 1. The van der Waals surface area contributed by atoms with Gasteiger partial charge in [-0.15, -0.1) is 0 Å². The van der Waals surface area contributed by atoms with Gasteiger partial charge < -0.3 is 39.1 Å². The van der Waals surface area contributed by atoms with Gasteiger partial charge in [-0.1, -0.05) is 0 Å². The zero-order valence-electron chi connectivity index (χ0n) is 20.2. The number of ether oxygens (including phenoxy) is 6. The van der Waals surface area contributed by atoms with E-state index in [1.165, 1.54) is 13.8 Å². The number of hydrogen-bond donors (Lipinski definition) is 2. The summed E-state index contributed by atoms with van der Waals surface area (Å²) >= 11 is 0. The molecule has 0 radical (unpaired) electrons. The first-order valence-corrected chi connectivity index (χ1v) is 10.8. The maximum absolute atomic E-state index is 13.0. The highest BCUT2D eigenvalue weighted by molar-refractivity contribution is 5.87. The number of carbonyl (C=O) groups is 5. The van der Waals surface area contributed by atoms with Crippen LogP contribution in [-0.4, -0.2) is 84.9 Å². The minimum Gasteiger partial charge on any atom is -0.463 e. The molecular formula is C21H32N2O11.